The minimum atomic E-state index is -0.289. The third kappa shape index (κ3) is 2.94. The van der Waals surface area contributed by atoms with E-state index in [-0.39, 0.29) is 11.8 Å². The molecule has 0 fully saturated rings. The lowest BCUT2D eigenvalue weighted by Crippen LogP contribution is -2.11. The zero-order valence-corrected chi connectivity index (χ0v) is 16.0. The van der Waals surface area contributed by atoms with E-state index in [1.54, 1.807) is 34.3 Å². The number of amides is 1. The Kier molecular flexibility index (Phi) is 4.56. The summed E-state index contributed by atoms with van der Waals surface area (Å²) >= 11 is 13.2. The maximum Gasteiger partial charge on any atom is 0.284 e. The van der Waals surface area contributed by atoms with Crippen LogP contribution in [0.1, 0.15) is 28.3 Å². The number of imidazole rings is 1. The van der Waals surface area contributed by atoms with E-state index in [4.69, 9.17) is 23.8 Å². The Morgan fingerprint density at radius 2 is 2.23 bits per heavy atom. The van der Waals surface area contributed by atoms with Crippen LogP contribution in [0.5, 0.6) is 5.88 Å². The lowest BCUT2D eigenvalue weighted by Gasteiger charge is -2.12. The predicted molar refractivity (Wildman–Crippen MR) is 104 cm³/mol. The highest BCUT2D eigenvalue weighted by Gasteiger charge is 2.22. The molecule has 0 spiro atoms. The molecule has 0 saturated heterocycles. The molecule has 134 valence electrons. The van der Waals surface area contributed by atoms with Crippen molar-refractivity contribution >= 4 is 46.8 Å². The van der Waals surface area contributed by atoms with E-state index in [2.05, 4.69) is 10.3 Å². The van der Waals surface area contributed by atoms with Crippen LogP contribution in [0.2, 0.25) is 5.02 Å². The Balaban J connectivity index is 1.68. The van der Waals surface area contributed by atoms with Crippen LogP contribution in [0, 0.1) is 4.77 Å². The molecule has 0 saturated carbocycles. The molecule has 3 heterocycles. The van der Waals surface area contributed by atoms with Gasteiger partial charge in [-0.1, -0.05) is 11.6 Å². The molecule has 4 rings (SSSR count). The van der Waals surface area contributed by atoms with Gasteiger partial charge in [0.1, 0.15) is 0 Å². The van der Waals surface area contributed by atoms with Gasteiger partial charge >= 0.3 is 0 Å². The van der Waals surface area contributed by atoms with Crippen LogP contribution in [0.3, 0.4) is 0 Å². The zero-order valence-electron chi connectivity index (χ0n) is 13.6. The lowest BCUT2D eigenvalue weighted by atomic mass is 10.1. The van der Waals surface area contributed by atoms with Crippen LogP contribution in [-0.2, 0) is 13.0 Å². The number of anilines is 1. The van der Waals surface area contributed by atoms with Gasteiger partial charge in [0.15, 0.2) is 9.78 Å². The summed E-state index contributed by atoms with van der Waals surface area (Å²) in [5.74, 6) is -0.154. The summed E-state index contributed by atoms with van der Waals surface area (Å²) in [6.07, 6.45) is 4.44. The molecule has 3 aromatic rings. The first-order valence-electron chi connectivity index (χ1n) is 8.10. The lowest BCUT2D eigenvalue weighted by molar-refractivity contribution is 0.102. The molecule has 0 atom stereocenters. The maximum absolute atomic E-state index is 12.1. The molecule has 0 unspecified atom stereocenters. The van der Waals surface area contributed by atoms with Gasteiger partial charge in [-0.05, 0) is 49.7 Å². The van der Waals surface area contributed by atoms with E-state index in [9.17, 15) is 9.90 Å². The molecule has 1 aliphatic heterocycles. The smallest absolute Gasteiger partial charge is 0.284 e. The average molecular weight is 407 g/mol. The van der Waals surface area contributed by atoms with Crippen LogP contribution < -0.4 is 5.32 Å². The highest BCUT2D eigenvalue weighted by atomic mass is 35.5. The van der Waals surface area contributed by atoms with Gasteiger partial charge in [0.25, 0.3) is 5.91 Å². The molecule has 1 aliphatic rings. The van der Waals surface area contributed by atoms with Crippen LogP contribution in [0.4, 0.5) is 5.69 Å². The Bertz CT molecular complexity index is 1040. The van der Waals surface area contributed by atoms with Gasteiger partial charge in [0, 0.05) is 23.8 Å². The summed E-state index contributed by atoms with van der Waals surface area (Å²) in [7, 11) is 0. The second kappa shape index (κ2) is 6.86. The summed E-state index contributed by atoms with van der Waals surface area (Å²) in [6, 6.07) is 5.10. The van der Waals surface area contributed by atoms with Gasteiger partial charge in [0.05, 0.1) is 16.4 Å². The van der Waals surface area contributed by atoms with Crippen molar-refractivity contribution in [3.8, 4) is 11.6 Å². The number of fused-ring (bicyclic) bond motifs is 1. The van der Waals surface area contributed by atoms with Crippen molar-refractivity contribution in [2.75, 3.05) is 5.32 Å². The number of halogens is 1. The third-order valence-electron chi connectivity index (χ3n) is 4.34. The standard InChI is InChI=1S/C17H15ClN4O2S2/c18-11-9-10(20-14(23)15-19-6-8-26-15)4-5-12(11)22-16(24)13-3-1-2-7-21(13)17(22)25/h4-6,8-9,24H,1-3,7H2,(H,20,23). The number of thiazole rings is 1. The summed E-state index contributed by atoms with van der Waals surface area (Å²) in [5.41, 5.74) is 1.98. The molecule has 6 nitrogen and oxygen atoms in total. The first kappa shape index (κ1) is 17.3. The van der Waals surface area contributed by atoms with E-state index >= 15 is 0 Å². The van der Waals surface area contributed by atoms with E-state index < -0.39 is 0 Å². The van der Waals surface area contributed by atoms with Crippen molar-refractivity contribution in [1.29, 1.82) is 0 Å². The molecular formula is C17H15ClN4O2S2. The molecule has 0 aliphatic carbocycles. The number of carbonyl (C=O) groups is 1. The number of hydrogen-bond donors (Lipinski definition) is 2. The molecule has 1 amide bonds. The first-order chi connectivity index (χ1) is 12.6. The Morgan fingerprint density at radius 3 is 2.92 bits per heavy atom. The molecule has 26 heavy (non-hydrogen) atoms. The van der Waals surface area contributed by atoms with Crippen molar-refractivity contribution < 1.29 is 9.90 Å². The molecule has 2 aromatic heterocycles. The largest absolute Gasteiger partial charge is 0.493 e. The number of aromatic nitrogens is 3. The van der Waals surface area contributed by atoms with Crippen molar-refractivity contribution in [3.05, 3.63) is 50.3 Å². The van der Waals surface area contributed by atoms with Gasteiger partial charge in [0.2, 0.25) is 5.88 Å². The predicted octanol–water partition coefficient (Wildman–Crippen LogP) is 4.41. The molecule has 0 bridgehead atoms. The number of benzene rings is 1. The SMILES string of the molecule is O=C(Nc1ccc(-n2c(O)c3n(c2=S)CCCC3)c(Cl)c1)c1nccs1. The van der Waals surface area contributed by atoms with Crippen LogP contribution in [0.25, 0.3) is 5.69 Å². The summed E-state index contributed by atoms with van der Waals surface area (Å²) in [6.45, 7) is 0.800. The van der Waals surface area contributed by atoms with Crippen molar-refractivity contribution in [1.82, 2.24) is 14.1 Å². The number of hydrogen-bond acceptors (Lipinski definition) is 5. The fraction of sp³-hybridized carbons (Fsp3) is 0.235. The fourth-order valence-electron chi connectivity index (χ4n) is 3.12. The maximum atomic E-state index is 12.1. The van der Waals surface area contributed by atoms with Crippen LogP contribution in [0.15, 0.2) is 29.8 Å². The first-order valence-corrected chi connectivity index (χ1v) is 9.77. The highest BCUT2D eigenvalue weighted by Crippen LogP contribution is 2.33. The van der Waals surface area contributed by atoms with Crippen molar-refractivity contribution in [2.45, 2.75) is 25.8 Å². The topological polar surface area (TPSA) is 72.1 Å². The molecule has 1 aromatic carbocycles. The van der Waals surface area contributed by atoms with E-state index in [1.165, 1.54) is 11.3 Å². The van der Waals surface area contributed by atoms with Gasteiger partial charge in [-0.25, -0.2) is 4.98 Å². The summed E-state index contributed by atoms with van der Waals surface area (Å²) in [4.78, 5) is 16.1. The second-order valence-corrected chi connectivity index (χ2v) is 7.62. The van der Waals surface area contributed by atoms with Gasteiger partial charge in [-0.2, -0.15) is 0 Å². The molecular weight excluding hydrogens is 392 g/mol. The quantitative estimate of drug-likeness (QED) is 0.632. The van der Waals surface area contributed by atoms with E-state index in [0.717, 1.165) is 31.5 Å². The number of nitrogens with zero attached hydrogens (tertiary/aromatic N) is 3. The normalized spacial score (nSPS) is 13.4. The van der Waals surface area contributed by atoms with Crippen molar-refractivity contribution in [3.63, 3.8) is 0 Å². The minimum absolute atomic E-state index is 0.135. The van der Waals surface area contributed by atoms with Gasteiger partial charge in [-0.3, -0.25) is 9.36 Å². The zero-order chi connectivity index (χ0) is 18.3. The van der Waals surface area contributed by atoms with Crippen molar-refractivity contribution in [2.24, 2.45) is 0 Å². The van der Waals surface area contributed by atoms with E-state index in [1.807, 2.05) is 4.57 Å². The minimum Gasteiger partial charge on any atom is -0.493 e. The summed E-state index contributed by atoms with van der Waals surface area (Å²) < 4.78 is 4.08. The van der Waals surface area contributed by atoms with E-state index in [0.29, 0.717) is 26.2 Å². The molecule has 9 heteroatoms. The Morgan fingerprint density at radius 1 is 1.38 bits per heavy atom. The van der Waals surface area contributed by atoms with Crippen LogP contribution in [-0.4, -0.2) is 25.1 Å². The number of carbonyl (C=O) groups excluding carboxylic acids is 1. The Hall–Kier alpha value is -2.16. The number of nitrogens with one attached hydrogen (secondary N) is 1. The highest BCUT2D eigenvalue weighted by molar-refractivity contribution is 7.71. The monoisotopic (exact) mass is 406 g/mol. The average Bonchev–Trinajstić information content (AvgIpc) is 3.25. The van der Waals surface area contributed by atoms with Gasteiger partial charge in [-0.15, -0.1) is 11.3 Å². The molecule has 0 radical (unpaired) electrons. The third-order valence-corrected chi connectivity index (χ3v) is 5.81. The summed E-state index contributed by atoms with van der Waals surface area (Å²) in [5, 5.41) is 15.9. The number of rotatable bonds is 3. The molecule has 2 N–H and O–H groups in total. The fourth-order valence-corrected chi connectivity index (χ4v) is 4.30. The Labute approximate surface area is 163 Å². The second-order valence-electron chi connectivity index (χ2n) is 5.95. The van der Waals surface area contributed by atoms with Crippen LogP contribution >= 0.6 is 35.2 Å². The number of aromatic hydroxyl groups is 1. The van der Waals surface area contributed by atoms with Gasteiger partial charge < -0.3 is 15.0 Å².